The van der Waals surface area contributed by atoms with Crippen molar-refractivity contribution in [1.29, 1.82) is 5.26 Å². The molecule has 1 saturated heterocycles. The Morgan fingerprint density at radius 2 is 2.07 bits per heavy atom. The van der Waals surface area contributed by atoms with Gasteiger partial charge in [0.1, 0.15) is 18.1 Å². The molecule has 138 valence electrons. The van der Waals surface area contributed by atoms with Gasteiger partial charge >= 0.3 is 0 Å². The molecule has 7 nitrogen and oxygen atoms in total. The Hall–Kier alpha value is -2.98. The van der Waals surface area contributed by atoms with Crippen LogP contribution in [0.4, 0.5) is 5.82 Å². The van der Waals surface area contributed by atoms with Gasteiger partial charge in [-0.1, -0.05) is 18.2 Å². The number of hydrogen-bond donors (Lipinski definition) is 1. The molecule has 2 N–H and O–H groups in total. The number of nitrogens with two attached hydrogens (primary N) is 1. The zero-order valence-corrected chi connectivity index (χ0v) is 15.4. The number of benzene rings is 1. The van der Waals surface area contributed by atoms with Crippen LogP contribution in [0.3, 0.4) is 0 Å². The van der Waals surface area contributed by atoms with Crippen molar-refractivity contribution >= 4 is 11.7 Å². The predicted octanol–water partition coefficient (Wildman–Crippen LogP) is 2.14. The number of ether oxygens (including phenoxy) is 1. The Bertz CT molecular complexity index is 920. The zero-order chi connectivity index (χ0) is 18.9. The minimum absolute atomic E-state index is 0.0928. The smallest absolute Gasteiger partial charge is 0.238 e. The fourth-order valence-electron chi connectivity index (χ4n) is 3.34. The lowest BCUT2D eigenvalue weighted by molar-refractivity contribution is 0.292. The van der Waals surface area contributed by atoms with Crippen molar-refractivity contribution in [2.24, 2.45) is 10.7 Å². The lowest BCUT2D eigenvalue weighted by atomic mass is 9.91. The lowest BCUT2D eigenvalue weighted by Gasteiger charge is -2.37. The van der Waals surface area contributed by atoms with Gasteiger partial charge in [-0.25, -0.2) is 15.0 Å². The highest BCUT2D eigenvalue weighted by Gasteiger charge is 2.28. The van der Waals surface area contributed by atoms with Crippen LogP contribution in [0, 0.1) is 11.3 Å². The van der Waals surface area contributed by atoms with Gasteiger partial charge in [-0.05, 0) is 25.8 Å². The number of fused-ring (bicyclic) bond motifs is 1. The summed E-state index contributed by atoms with van der Waals surface area (Å²) in [5.41, 5.74) is 9.08. The second-order valence-electron chi connectivity index (χ2n) is 7.34. The molecular formula is C20H22N6O. The van der Waals surface area contributed by atoms with E-state index >= 15 is 0 Å². The van der Waals surface area contributed by atoms with Crippen molar-refractivity contribution in [2.75, 3.05) is 18.0 Å². The number of piperidine rings is 1. The van der Waals surface area contributed by atoms with Crippen LogP contribution in [0.25, 0.3) is 0 Å². The molecule has 0 radical (unpaired) electrons. The van der Waals surface area contributed by atoms with Crippen molar-refractivity contribution in [3.05, 3.63) is 53.0 Å². The molecule has 27 heavy (non-hydrogen) atoms. The molecule has 2 aromatic rings. The van der Waals surface area contributed by atoms with Gasteiger partial charge in [0.05, 0.1) is 30.1 Å². The molecule has 1 fully saturated rings. The fraction of sp³-hybridized carbons (Fsp3) is 0.400. The predicted molar refractivity (Wildman–Crippen MR) is 102 cm³/mol. The van der Waals surface area contributed by atoms with Gasteiger partial charge in [0.25, 0.3) is 0 Å². The molecule has 4 rings (SSSR count). The highest BCUT2D eigenvalue weighted by atomic mass is 16.5. The van der Waals surface area contributed by atoms with E-state index in [0.717, 1.165) is 43.0 Å². The first-order valence-electron chi connectivity index (χ1n) is 9.11. The van der Waals surface area contributed by atoms with Gasteiger partial charge in [-0.2, -0.15) is 5.26 Å². The molecule has 3 heterocycles. The summed E-state index contributed by atoms with van der Waals surface area (Å²) in [7, 11) is 0. The van der Waals surface area contributed by atoms with E-state index in [1.807, 2.05) is 18.2 Å². The van der Waals surface area contributed by atoms with E-state index in [2.05, 4.69) is 27.9 Å². The Labute approximate surface area is 158 Å². The van der Waals surface area contributed by atoms with E-state index in [1.165, 1.54) is 0 Å². The summed E-state index contributed by atoms with van der Waals surface area (Å²) in [4.78, 5) is 15.9. The van der Waals surface area contributed by atoms with E-state index < -0.39 is 0 Å². The lowest BCUT2D eigenvalue weighted by Crippen LogP contribution is -2.48. The maximum Gasteiger partial charge on any atom is 0.238 e. The van der Waals surface area contributed by atoms with E-state index in [-0.39, 0.29) is 12.1 Å². The van der Waals surface area contributed by atoms with Crippen molar-refractivity contribution < 1.29 is 4.74 Å². The van der Waals surface area contributed by atoms with Crippen LogP contribution in [-0.4, -0.2) is 34.5 Å². The Balaban J connectivity index is 1.44. The highest BCUT2D eigenvalue weighted by Crippen LogP contribution is 2.25. The minimum Gasteiger partial charge on any atom is -0.471 e. The normalized spacial score (nSPS) is 17.8. The van der Waals surface area contributed by atoms with Crippen LogP contribution in [0.15, 0.2) is 35.5 Å². The molecule has 0 aliphatic carbocycles. The third-order valence-electron chi connectivity index (χ3n) is 5.14. The molecule has 0 bridgehead atoms. The van der Waals surface area contributed by atoms with Crippen molar-refractivity contribution in [3.63, 3.8) is 0 Å². The minimum atomic E-state index is -0.0928. The number of nitrogens with zero attached hydrogens (tertiary/aromatic N) is 5. The van der Waals surface area contributed by atoms with Crippen LogP contribution >= 0.6 is 0 Å². The van der Waals surface area contributed by atoms with E-state index in [1.54, 1.807) is 12.3 Å². The number of nitriles is 1. The van der Waals surface area contributed by atoms with Gasteiger partial charge in [-0.15, -0.1) is 0 Å². The van der Waals surface area contributed by atoms with Crippen molar-refractivity contribution in [3.8, 4) is 6.07 Å². The summed E-state index contributed by atoms with van der Waals surface area (Å²) in [5, 5.41) is 9.18. The maximum atomic E-state index is 9.18. The zero-order valence-electron chi connectivity index (χ0n) is 15.4. The second kappa shape index (κ2) is 6.97. The summed E-state index contributed by atoms with van der Waals surface area (Å²) in [6.45, 7) is 4.62. The van der Waals surface area contributed by atoms with Gasteiger partial charge in [-0.3, -0.25) is 0 Å². The summed E-state index contributed by atoms with van der Waals surface area (Å²) in [6, 6.07) is 9.56. The van der Waals surface area contributed by atoms with Crippen LogP contribution in [0.2, 0.25) is 0 Å². The monoisotopic (exact) mass is 362 g/mol. The van der Waals surface area contributed by atoms with Crippen molar-refractivity contribution in [2.45, 2.75) is 38.5 Å². The number of rotatable bonds is 3. The number of hydrogen-bond acceptors (Lipinski definition) is 7. The third-order valence-corrected chi connectivity index (χ3v) is 5.14. The second-order valence-corrected chi connectivity index (χ2v) is 7.34. The largest absolute Gasteiger partial charge is 0.471 e. The van der Waals surface area contributed by atoms with E-state index in [9.17, 15) is 5.26 Å². The van der Waals surface area contributed by atoms with Gasteiger partial charge in [0, 0.05) is 24.2 Å². The standard InChI is InChI=1S/C20H22N6O/c1-20(22)6-8-26(9-7-20)17-12-23-18-16(25-17)11-24-19(18)27-13-15-5-3-2-4-14(15)10-21/h2-5,12H,6-9,11,13,22H2,1H3. The Kier molecular flexibility index (Phi) is 4.50. The molecule has 0 saturated carbocycles. The first-order valence-corrected chi connectivity index (χ1v) is 9.11. The molecule has 2 aliphatic rings. The molecule has 0 unspecified atom stereocenters. The molecule has 0 atom stereocenters. The first-order chi connectivity index (χ1) is 13.1. The average Bonchev–Trinajstić information content (AvgIpc) is 3.09. The topological polar surface area (TPSA) is 100 Å². The van der Waals surface area contributed by atoms with Gasteiger partial charge in [0.2, 0.25) is 5.90 Å². The summed E-state index contributed by atoms with van der Waals surface area (Å²) < 4.78 is 5.84. The van der Waals surface area contributed by atoms with Crippen LogP contribution in [-0.2, 0) is 17.9 Å². The molecule has 1 aromatic heterocycles. The Morgan fingerprint density at radius 1 is 1.30 bits per heavy atom. The Morgan fingerprint density at radius 3 is 2.85 bits per heavy atom. The number of aliphatic imine (C=N–C) groups is 1. The van der Waals surface area contributed by atoms with Crippen LogP contribution in [0.5, 0.6) is 0 Å². The van der Waals surface area contributed by atoms with Crippen LogP contribution in [0.1, 0.15) is 42.3 Å². The van der Waals surface area contributed by atoms with E-state index in [4.69, 9.17) is 15.5 Å². The molecule has 2 aliphatic heterocycles. The third kappa shape index (κ3) is 3.62. The maximum absolute atomic E-state index is 9.18. The van der Waals surface area contributed by atoms with Gasteiger partial charge in [0.15, 0.2) is 0 Å². The fourth-order valence-corrected chi connectivity index (χ4v) is 3.34. The highest BCUT2D eigenvalue weighted by molar-refractivity contribution is 5.95. The molecule has 0 spiro atoms. The molecule has 0 amide bonds. The first kappa shape index (κ1) is 17.4. The van der Waals surface area contributed by atoms with Gasteiger partial charge < -0.3 is 15.4 Å². The average molecular weight is 362 g/mol. The summed E-state index contributed by atoms with van der Waals surface area (Å²) in [5.74, 6) is 1.36. The SMILES string of the molecule is CC1(N)CCN(c2cnc3c(n2)CN=C3OCc2ccccc2C#N)CC1. The van der Waals surface area contributed by atoms with Crippen LogP contribution < -0.4 is 10.6 Å². The molecule has 1 aromatic carbocycles. The number of aromatic nitrogens is 2. The number of anilines is 1. The molecule has 7 heteroatoms. The summed E-state index contributed by atoms with van der Waals surface area (Å²) in [6.07, 6.45) is 3.66. The summed E-state index contributed by atoms with van der Waals surface area (Å²) >= 11 is 0. The molecular weight excluding hydrogens is 340 g/mol. The quantitative estimate of drug-likeness (QED) is 0.898. The van der Waals surface area contributed by atoms with E-state index in [0.29, 0.717) is 23.7 Å². The van der Waals surface area contributed by atoms with Crippen molar-refractivity contribution in [1.82, 2.24) is 9.97 Å².